The zero-order chi connectivity index (χ0) is 17.2. The van der Waals surface area contributed by atoms with Crippen molar-refractivity contribution in [3.05, 3.63) is 64.2 Å². The highest BCUT2D eigenvalue weighted by Gasteiger charge is 2.05. The molecule has 0 spiro atoms. The lowest BCUT2D eigenvalue weighted by Crippen LogP contribution is -2.28. The summed E-state index contributed by atoms with van der Waals surface area (Å²) in [5.41, 5.74) is 3.42. The molecule has 0 aromatic heterocycles. The van der Waals surface area contributed by atoms with Crippen molar-refractivity contribution in [1.29, 1.82) is 0 Å². The maximum Gasteiger partial charge on any atom is 0.124 e. The average molecular weight is 349 g/mol. The molecular weight excluding hydrogens is 324 g/mol. The molecule has 0 fully saturated rings. The Hall–Kier alpha value is -1.59. The Morgan fingerprint density at radius 1 is 1.04 bits per heavy atom. The smallest absolute Gasteiger partial charge is 0.124 e. The number of nitrogens with one attached hydrogen (secondary N) is 2. The second-order valence-electron chi connectivity index (χ2n) is 5.68. The number of ether oxygens (including phenoxy) is 1. The van der Waals surface area contributed by atoms with Gasteiger partial charge in [0.1, 0.15) is 12.4 Å². The fourth-order valence-corrected chi connectivity index (χ4v) is 2.59. The summed E-state index contributed by atoms with van der Waals surface area (Å²) in [4.78, 5) is 0. The first-order chi connectivity index (χ1) is 11.7. The number of rotatable bonds is 10. The van der Waals surface area contributed by atoms with E-state index in [1.807, 2.05) is 24.3 Å². The zero-order valence-corrected chi connectivity index (χ0v) is 14.8. The molecule has 5 heteroatoms. The van der Waals surface area contributed by atoms with Crippen LogP contribution in [0.5, 0.6) is 5.75 Å². The monoisotopic (exact) mass is 348 g/mol. The Balaban J connectivity index is 1.89. The van der Waals surface area contributed by atoms with Crippen LogP contribution in [0.15, 0.2) is 42.5 Å². The molecular formula is C19H25ClN2O2. The van der Waals surface area contributed by atoms with Crippen LogP contribution < -0.4 is 15.4 Å². The van der Waals surface area contributed by atoms with Gasteiger partial charge in [-0.25, -0.2) is 0 Å². The van der Waals surface area contributed by atoms with Gasteiger partial charge in [-0.15, -0.1) is 0 Å². The standard InChI is InChI=1S/C19H25ClN2O2/c1-15-3-2-4-16(11-15)14-24-19-6-5-18(20)12-17(19)13-22-8-7-21-9-10-23/h2-6,11-12,21-23H,7-10,13-14H2,1H3. The quantitative estimate of drug-likeness (QED) is 0.578. The second-order valence-corrected chi connectivity index (χ2v) is 6.12. The van der Waals surface area contributed by atoms with E-state index in [2.05, 4.69) is 35.8 Å². The van der Waals surface area contributed by atoms with Crippen molar-refractivity contribution in [3.63, 3.8) is 0 Å². The van der Waals surface area contributed by atoms with E-state index in [-0.39, 0.29) is 6.61 Å². The maximum atomic E-state index is 8.72. The van der Waals surface area contributed by atoms with E-state index in [1.165, 1.54) is 5.56 Å². The largest absolute Gasteiger partial charge is 0.489 e. The summed E-state index contributed by atoms with van der Waals surface area (Å²) in [5, 5.41) is 15.9. The van der Waals surface area contributed by atoms with Gasteiger partial charge in [-0.2, -0.15) is 0 Å². The molecule has 24 heavy (non-hydrogen) atoms. The highest BCUT2D eigenvalue weighted by atomic mass is 35.5. The summed E-state index contributed by atoms with van der Waals surface area (Å²) in [5.74, 6) is 0.844. The molecule has 0 heterocycles. The third-order valence-electron chi connectivity index (χ3n) is 3.58. The van der Waals surface area contributed by atoms with Gasteiger partial charge >= 0.3 is 0 Å². The van der Waals surface area contributed by atoms with Gasteiger partial charge in [-0.3, -0.25) is 0 Å². The fraction of sp³-hybridized carbons (Fsp3) is 0.368. The Kier molecular flexibility index (Phi) is 8.05. The zero-order valence-electron chi connectivity index (χ0n) is 14.0. The summed E-state index contributed by atoms with van der Waals surface area (Å²) >= 11 is 6.11. The van der Waals surface area contributed by atoms with Gasteiger partial charge < -0.3 is 20.5 Å². The van der Waals surface area contributed by atoms with Gasteiger partial charge in [0.05, 0.1) is 6.61 Å². The summed E-state index contributed by atoms with van der Waals surface area (Å²) in [6.45, 7) is 5.68. The van der Waals surface area contributed by atoms with Gasteiger partial charge in [0.25, 0.3) is 0 Å². The fourth-order valence-electron chi connectivity index (χ4n) is 2.39. The highest BCUT2D eigenvalue weighted by Crippen LogP contribution is 2.24. The topological polar surface area (TPSA) is 53.5 Å². The van der Waals surface area contributed by atoms with Crippen LogP contribution in [0.3, 0.4) is 0 Å². The molecule has 0 aliphatic heterocycles. The van der Waals surface area contributed by atoms with Crippen LogP contribution >= 0.6 is 11.6 Å². The van der Waals surface area contributed by atoms with Crippen LogP contribution in [-0.4, -0.2) is 31.3 Å². The van der Waals surface area contributed by atoms with Gasteiger partial charge in [0, 0.05) is 36.8 Å². The molecule has 0 radical (unpaired) electrons. The van der Waals surface area contributed by atoms with Crippen molar-refractivity contribution in [2.24, 2.45) is 0 Å². The lowest BCUT2D eigenvalue weighted by atomic mass is 10.1. The predicted molar refractivity (Wildman–Crippen MR) is 98.6 cm³/mol. The van der Waals surface area contributed by atoms with Crippen molar-refractivity contribution < 1.29 is 9.84 Å². The molecule has 0 aliphatic rings. The molecule has 0 saturated carbocycles. The number of benzene rings is 2. The Morgan fingerprint density at radius 2 is 1.88 bits per heavy atom. The minimum absolute atomic E-state index is 0.158. The van der Waals surface area contributed by atoms with Gasteiger partial charge in [0.15, 0.2) is 0 Å². The molecule has 3 N–H and O–H groups in total. The summed E-state index contributed by atoms with van der Waals surface area (Å²) in [6.07, 6.45) is 0. The molecule has 0 unspecified atom stereocenters. The summed E-state index contributed by atoms with van der Waals surface area (Å²) in [6, 6.07) is 14.0. The van der Waals surface area contributed by atoms with Crippen molar-refractivity contribution in [2.45, 2.75) is 20.1 Å². The number of aliphatic hydroxyl groups is 1. The van der Waals surface area contributed by atoms with E-state index in [4.69, 9.17) is 21.4 Å². The van der Waals surface area contributed by atoms with Crippen LogP contribution in [0, 0.1) is 6.92 Å². The number of hydrogen-bond acceptors (Lipinski definition) is 4. The summed E-state index contributed by atoms with van der Waals surface area (Å²) in [7, 11) is 0. The van der Waals surface area contributed by atoms with Gasteiger partial charge in [-0.1, -0.05) is 41.4 Å². The number of aryl methyl sites for hydroxylation is 1. The van der Waals surface area contributed by atoms with E-state index in [9.17, 15) is 0 Å². The maximum absolute atomic E-state index is 8.72. The van der Waals surface area contributed by atoms with E-state index in [0.717, 1.165) is 30.0 Å². The minimum atomic E-state index is 0.158. The van der Waals surface area contributed by atoms with Crippen molar-refractivity contribution >= 4 is 11.6 Å². The third kappa shape index (κ3) is 6.49. The van der Waals surface area contributed by atoms with Gasteiger partial charge in [-0.05, 0) is 30.7 Å². The molecule has 0 saturated heterocycles. The Morgan fingerprint density at radius 3 is 2.67 bits per heavy atom. The summed E-state index contributed by atoms with van der Waals surface area (Å²) < 4.78 is 5.98. The normalized spacial score (nSPS) is 10.8. The molecule has 0 bridgehead atoms. The molecule has 2 aromatic carbocycles. The molecule has 2 rings (SSSR count). The van der Waals surface area contributed by atoms with E-state index < -0.39 is 0 Å². The van der Waals surface area contributed by atoms with Crippen LogP contribution in [0.25, 0.3) is 0 Å². The average Bonchev–Trinajstić information content (AvgIpc) is 2.57. The van der Waals surface area contributed by atoms with Gasteiger partial charge in [0.2, 0.25) is 0 Å². The third-order valence-corrected chi connectivity index (χ3v) is 3.82. The minimum Gasteiger partial charge on any atom is -0.489 e. The Bertz CT molecular complexity index is 635. The molecule has 0 atom stereocenters. The molecule has 0 amide bonds. The van der Waals surface area contributed by atoms with Crippen molar-refractivity contribution in [2.75, 3.05) is 26.2 Å². The van der Waals surface area contributed by atoms with Crippen molar-refractivity contribution in [1.82, 2.24) is 10.6 Å². The SMILES string of the molecule is Cc1cccc(COc2ccc(Cl)cc2CNCCNCCO)c1. The first-order valence-corrected chi connectivity index (χ1v) is 8.56. The lowest BCUT2D eigenvalue weighted by Gasteiger charge is -2.13. The number of halogens is 1. The molecule has 0 aliphatic carbocycles. The lowest BCUT2D eigenvalue weighted by molar-refractivity contribution is 0.292. The van der Waals surface area contributed by atoms with Crippen LogP contribution in [0.1, 0.15) is 16.7 Å². The van der Waals surface area contributed by atoms with Crippen molar-refractivity contribution in [3.8, 4) is 5.75 Å². The second kappa shape index (κ2) is 10.3. The van der Waals surface area contributed by atoms with E-state index >= 15 is 0 Å². The van der Waals surface area contributed by atoms with E-state index in [0.29, 0.717) is 24.7 Å². The number of aliphatic hydroxyl groups excluding tert-OH is 1. The van der Waals surface area contributed by atoms with Crippen LogP contribution in [0.2, 0.25) is 5.02 Å². The van der Waals surface area contributed by atoms with Crippen LogP contribution in [-0.2, 0) is 13.2 Å². The Labute approximate surface area is 148 Å². The number of hydrogen-bond donors (Lipinski definition) is 3. The highest BCUT2D eigenvalue weighted by molar-refractivity contribution is 6.30. The van der Waals surface area contributed by atoms with E-state index in [1.54, 1.807) is 0 Å². The molecule has 2 aromatic rings. The molecule has 130 valence electrons. The van der Waals surface area contributed by atoms with Crippen LogP contribution in [0.4, 0.5) is 0 Å². The molecule has 4 nitrogen and oxygen atoms in total. The first-order valence-electron chi connectivity index (χ1n) is 8.18. The first kappa shape index (κ1) is 18.7. The predicted octanol–water partition coefficient (Wildman–Crippen LogP) is 2.90.